The van der Waals surface area contributed by atoms with Gasteiger partial charge in [-0.2, -0.15) is 0 Å². The summed E-state index contributed by atoms with van der Waals surface area (Å²) < 4.78 is 13.4. The van der Waals surface area contributed by atoms with Crippen LogP contribution in [-0.4, -0.2) is 10.9 Å². The first-order valence-electron chi connectivity index (χ1n) is 3.29. The zero-order chi connectivity index (χ0) is 9.14. The van der Waals surface area contributed by atoms with Crippen LogP contribution in [0.25, 0.3) is 0 Å². The van der Waals surface area contributed by atoms with E-state index in [0.29, 0.717) is 15.7 Å². The minimum Gasteiger partial charge on any atom is -0.411 e. The summed E-state index contributed by atoms with van der Waals surface area (Å²) in [6.45, 7) is 1.60. The van der Waals surface area contributed by atoms with Gasteiger partial charge in [0.15, 0.2) is 0 Å². The lowest BCUT2D eigenvalue weighted by Crippen LogP contribution is -1.96. The molecule has 0 amide bonds. The fourth-order valence-corrected chi connectivity index (χ4v) is 1.36. The lowest BCUT2D eigenvalue weighted by Gasteiger charge is -2.01. The maximum atomic E-state index is 12.7. The van der Waals surface area contributed by atoms with E-state index in [2.05, 4.69) is 21.1 Å². The molecule has 2 nitrogen and oxygen atoms in total. The van der Waals surface area contributed by atoms with Crippen molar-refractivity contribution < 1.29 is 9.60 Å². The topological polar surface area (TPSA) is 32.6 Å². The third kappa shape index (κ3) is 1.82. The molecule has 64 valence electrons. The minimum absolute atomic E-state index is 0.351. The molecule has 0 saturated carbocycles. The van der Waals surface area contributed by atoms with Crippen molar-refractivity contribution in [3.63, 3.8) is 0 Å². The molecule has 0 atom stereocenters. The Labute approximate surface area is 77.8 Å². The third-order valence-electron chi connectivity index (χ3n) is 1.47. The first kappa shape index (κ1) is 9.19. The maximum Gasteiger partial charge on any atom is 0.123 e. The number of halogens is 2. The zero-order valence-electron chi connectivity index (χ0n) is 6.38. The summed E-state index contributed by atoms with van der Waals surface area (Å²) in [6.07, 6.45) is 0. The van der Waals surface area contributed by atoms with E-state index in [-0.39, 0.29) is 5.82 Å². The van der Waals surface area contributed by atoms with E-state index in [4.69, 9.17) is 5.21 Å². The molecule has 0 spiro atoms. The molecule has 0 aliphatic rings. The normalized spacial score (nSPS) is 11.8. The zero-order valence-corrected chi connectivity index (χ0v) is 7.97. The van der Waals surface area contributed by atoms with Crippen LogP contribution < -0.4 is 0 Å². The van der Waals surface area contributed by atoms with Gasteiger partial charge in [-0.3, -0.25) is 0 Å². The molecule has 0 saturated heterocycles. The van der Waals surface area contributed by atoms with Gasteiger partial charge in [0.25, 0.3) is 0 Å². The average molecular weight is 232 g/mol. The standard InChI is InChI=1S/C8H7BrFNO/c1-5(11-12)7-4-6(10)2-3-8(7)9/h2-4,12H,1H3. The van der Waals surface area contributed by atoms with Gasteiger partial charge in [-0.25, -0.2) is 4.39 Å². The second-order valence-electron chi connectivity index (χ2n) is 2.31. The molecular formula is C8H7BrFNO. The Morgan fingerprint density at radius 2 is 2.25 bits per heavy atom. The molecule has 0 bridgehead atoms. The maximum absolute atomic E-state index is 12.7. The monoisotopic (exact) mass is 231 g/mol. The summed E-state index contributed by atoms with van der Waals surface area (Å²) in [5, 5.41) is 11.4. The van der Waals surface area contributed by atoms with Crippen LogP contribution >= 0.6 is 15.9 Å². The molecular weight excluding hydrogens is 225 g/mol. The average Bonchev–Trinajstić information content (AvgIpc) is 2.08. The van der Waals surface area contributed by atoms with Crippen molar-refractivity contribution in [2.45, 2.75) is 6.92 Å². The third-order valence-corrected chi connectivity index (χ3v) is 2.16. The van der Waals surface area contributed by atoms with E-state index >= 15 is 0 Å². The highest BCUT2D eigenvalue weighted by Crippen LogP contribution is 2.18. The highest BCUT2D eigenvalue weighted by molar-refractivity contribution is 9.10. The Morgan fingerprint density at radius 1 is 1.58 bits per heavy atom. The van der Waals surface area contributed by atoms with Crippen LogP contribution in [0.5, 0.6) is 0 Å². The Balaban J connectivity index is 3.23. The SMILES string of the molecule is CC(=NO)c1cc(F)ccc1Br. The number of nitrogens with zero attached hydrogens (tertiary/aromatic N) is 1. The van der Waals surface area contributed by atoms with Crippen molar-refractivity contribution in [2.24, 2.45) is 5.16 Å². The van der Waals surface area contributed by atoms with E-state index in [1.165, 1.54) is 12.1 Å². The molecule has 1 rings (SSSR count). The predicted molar refractivity (Wildman–Crippen MR) is 48.1 cm³/mol. The summed E-state index contributed by atoms with van der Waals surface area (Å²) >= 11 is 3.21. The van der Waals surface area contributed by atoms with Gasteiger partial charge < -0.3 is 5.21 Å². The van der Waals surface area contributed by atoms with Crippen LogP contribution in [0.1, 0.15) is 12.5 Å². The van der Waals surface area contributed by atoms with E-state index in [9.17, 15) is 4.39 Å². The number of hydrogen-bond acceptors (Lipinski definition) is 2. The molecule has 1 aromatic carbocycles. The summed E-state index contributed by atoms with van der Waals surface area (Å²) in [4.78, 5) is 0. The van der Waals surface area contributed by atoms with Gasteiger partial charge >= 0.3 is 0 Å². The van der Waals surface area contributed by atoms with E-state index in [1.54, 1.807) is 13.0 Å². The number of rotatable bonds is 1. The van der Waals surface area contributed by atoms with E-state index < -0.39 is 0 Å². The van der Waals surface area contributed by atoms with Crippen LogP contribution in [0.4, 0.5) is 4.39 Å². The molecule has 0 radical (unpaired) electrons. The van der Waals surface area contributed by atoms with Crippen molar-refractivity contribution in [3.8, 4) is 0 Å². The van der Waals surface area contributed by atoms with Crippen LogP contribution in [0.15, 0.2) is 27.8 Å². The van der Waals surface area contributed by atoms with Crippen molar-refractivity contribution >= 4 is 21.6 Å². The predicted octanol–water partition coefficient (Wildman–Crippen LogP) is 2.79. The number of oxime groups is 1. The van der Waals surface area contributed by atoms with Gasteiger partial charge in [0.2, 0.25) is 0 Å². The Kier molecular flexibility index (Phi) is 2.81. The number of hydrogen-bond donors (Lipinski definition) is 1. The lowest BCUT2D eigenvalue weighted by atomic mass is 10.1. The van der Waals surface area contributed by atoms with E-state index in [1.807, 2.05) is 0 Å². The fraction of sp³-hybridized carbons (Fsp3) is 0.125. The van der Waals surface area contributed by atoms with Crippen molar-refractivity contribution in [3.05, 3.63) is 34.1 Å². The molecule has 1 N–H and O–H groups in total. The Morgan fingerprint density at radius 3 is 2.83 bits per heavy atom. The minimum atomic E-state index is -0.351. The van der Waals surface area contributed by atoms with Gasteiger partial charge in [0, 0.05) is 10.0 Å². The first-order valence-corrected chi connectivity index (χ1v) is 4.08. The first-order chi connectivity index (χ1) is 5.65. The van der Waals surface area contributed by atoms with E-state index in [0.717, 1.165) is 0 Å². The summed E-state index contributed by atoms with van der Waals surface area (Å²) in [5.41, 5.74) is 0.930. The highest BCUT2D eigenvalue weighted by atomic mass is 79.9. The molecule has 0 unspecified atom stereocenters. The second kappa shape index (κ2) is 3.67. The molecule has 0 fully saturated rings. The van der Waals surface area contributed by atoms with Gasteiger partial charge in [-0.1, -0.05) is 21.1 Å². The van der Waals surface area contributed by atoms with Gasteiger partial charge in [0.1, 0.15) is 5.82 Å². The van der Waals surface area contributed by atoms with Crippen molar-refractivity contribution in [2.75, 3.05) is 0 Å². The molecule has 12 heavy (non-hydrogen) atoms. The van der Waals surface area contributed by atoms with Crippen LogP contribution in [-0.2, 0) is 0 Å². The molecule has 0 aliphatic carbocycles. The highest BCUT2D eigenvalue weighted by Gasteiger charge is 2.04. The summed E-state index contributed by atoms with van der Waals surface area (Å²) in [6, 6.07) is 4.21. The van der Waals surface area contributed by atoms with Gasteiger partial charge in [0.05, 0.1) is 5.71 Å². The smallest absolute Gasteiger partial charge is 0.123 e. The molecule has 1 aromatic rings. The fourth-order valence-electron chi connectivity index (χ4n) is 0.829. The molecule has 4 heteroatoms. The summed E-state index contributed by atoms with van der Waals surface area (Å²) in [7, 11) is 0. The lowest BCUT2D eigenvalue weighted by molar-refractivity contribution is 0.319. The van der Waals surface area contributed by atoms with Crippen LogP contribution in [0.2, 0.25) is 0 Å². The Bertz CT molecular complexity index is 325. The van der Waals surface area contributed by atoms with Gasteiger partial charge in [-0.15, -0.1) is 0 Å². The quantitative estimate of drug-likeness (QED) is 0.450. The largest absolute Gasteiger partial charge is 0.411 e. The second-order valence-corrected chi connectivity index (χ2v) is 3.16. The van der Waals surface area contributed by atoms with Crippen molar-refractivity contribution in [1.29, 1.82) is 0 Å². The van der Waals surface area contributed by atoms with Crippen LogP contribution in [0, 0.1) is 5.82 Å². The molecule has 0 aliphatic heterocycles. The summed E-state index contributed by atoms with van der Waals surface area (Å²) in [5.74, 6) is -0.351. The number of benzene rings is 1. The van der Waals surface area contributed by atoms with Crippen molar-refractivity contribution in [1.82, 2.24) is 0 Å². The molecule has 0 aromatic heterocycles. The molecule has 0 heterocycles. The Hall–Kier alpha value is -0.900. The van der Waals surface area contributed by atoms with Crippen LogP contribution in [0.3, 0.4) is 0 Å². The van der Waals surface area contributed by atoms with Gasteiger partial charge in [-0.05, 0) is 25.1 Å².